The highest BCUT2D eigenvalue weighted by molar-refractivity contribution is 5.76. The van der Waals surface area contributed by atoms with Crippen molar-refractivity contribution in [3.8, 4) is 11.5 Å². The van der Waals surface area contributed by atoms with Crippen LogP contribution in [0.4, 0.5) is 0 Å². The quantitative estimate of drug-likeness (QED) is 0.545. The third-order valence-electron chi connectivity index (χ3n) is 6.38. The Morgan fingerprint density at radius 3 is 2.57 bits per heavy atom. The van der Waals surface area contributed by atoms with Gasteiger partial charge in [0.2, 0.25) is 6.79 Å². The molecule has 30 heavy (non-hydrogen) atoms. The molecule has 7 heteroatoms. The summed E-state index contributed by atoms with van der Waals surface area (Å²) >= 11 is 0. The van der Waals surface area contributed by atoms with E-state index in [4.69, 9.17) is 18.9 Å². The molecule has 3 aliphatic heterocycles. The number of benzene rings is 1. The number of rotatable bonds is 2. The molecule has 0 bridgehead atoms. The van der Waals surface area contributed by atoms with Gasteiger partial charge in [-0.05, 0) is 56.5 Å². The molecule has 1 unspecified atom stereocenters. The van der Waals surface area contributed by atoms with Gasteiger partial charge >= 0.3 is 11.9 Å². The predicted octanol–water partition coefficient (Wildman–Crippen LogP) is 2.92. The first kappa shape index (κ1) is 19.4. The molecule has 7 nitrogen and oxygen atoms in total. The van der Waals surface area contributed by atoms with Gasteiger partial charge in [-0.25, -0.2) is 0 Å². The van der Waals surface area contributed by atoms with Crippen molar-refractivity contribution in [1.29, 1.82) is 0 Å². The Kier molecular flexibility index (Phi) is 4.36. The highest BCUT2D eigenvalue weighted by Crippen LogP contribution is 2.51. The Hall–Kier alpha value is -2.54. The maximum absolute atomic E-state index is 12.7. The van der Waals surface area contributed by atoms with E-state index in [1.807, 2.05) is 39.0 Å². The van der Waals surface area contributed by atoms with Crippen LogP contribution in [0.5, 0.6) is 11.5 Å². The van der Waals surface area contributed by atoms with E-state index in [9.17, 15) is 9.59 Å². The molecule has 0 aromatic heterocycles. The Morgan fingerprint density at radius 2 is 1.87 bits per heavy atom. The molecule has 4 aliphatic rings. The second-order valence-corrected chi connectivity index (χ2v) is 9.53. The van der Waals surface area contributed by atoms with Gasteiger partial charge in [0, 0.05) is 32.0 Å². The molecule has 1 aliphatic carbocycles. The van der Waals surface area contributed by atoms with Gasteiger partial charge in [-0.1, -0.05) is 5.57 Å². The number of carbonyl (C=O) groups is 2. The summed E-state index contributed by atoms with van der Waals surface area (Å²) in [5.41, 5.74) is 2.82. The summed E-state index contributed by atoms with van der Waals surface area (Å²) in [4.78, 5) is 27.2. The van der Waals surface area contributed by atoms with E-state index >= 15 is 0 Å². The van der Waals surface area contributed by atoms with E-state index in [-0.39, 0.29) is 30.7 Å². The zero-order chi connectivity index (χ0) is 21.2. The van der Waals surface area contributed by atoms with Gasteiger partial charge in [-0.3, -0.25) is 14.5 Å². The maximum Gasteiger partial charge on any atom is 0.311 e. The number of hydrogen-bond acceptors (Lipinski definition) is 7. The summed E-state index contributed by atoms with van der Waals surface area (Å²) in [7, 11) is 0. The van der Waals surface area contributed by atoms with Crippen molar-refractivity contribution in [2.75, 3.05) is 13.3 Å². The minimum Gasteiger partial charge on any atom is -0.458 e. The molecule has 4 atom stereocenters. The first-order valence-electron chi connectivity index (χ1n) is 10.5. The third kappa shape index (κ3) is 3.07. The highest BCUT2D eigenvalue weighted by Gasteiger charge is 2.52. The first-order valence-corrected chi connectivity index (χ1v) is 10.5. The van der Waals surface area contributed by atoms with Crippen LogP contribution in [0.25, 0.3) is 0 Å². The van der Waals surface area contributed by atoms with Gasteiger partial charge in [-0.15, -0.1) is 0 Å². The van der Waals surface area contributed by atoms with Crippen molar-refractivity contribution < 1.29 is 28.5 Å². The Bertz CT molecular complexity index is 946. The molecule has 0 spiro atoms. The third-order valence-corrected chi connectivity index (χ3v) is 6.38. The molecule has 1 aromatic carbocycles. The van der Waals surface area contributed by atoms with Crippen LogP contribution in [0, 0.1) is 5.41 Å². The van der Waals surface area contributed by atoms with Crippen LogP contribution in [-0.4, -0.2) is 48.4 Å². The van der Waals surface area contributed by atoms with Crippen LogP contribution >= 0.6 is 0 Å². The second kappa shape index (κ2) is 6.74. The van der Waals surface area contributed by atoms with Crippen molar-refractivity contribution >= 4 is 11.9 Å². The van der Waals surface area contributed by atoms with Crippen LogP contribution < -0.4 is 9.47 Å². The largest absolute Gasteiger partial charge is 0.458 e. The van der Waals surface area contributed by atoms with Crippen molar-refractivity contribution in [2.24, 2.45) is 5.41 Å². The molecule has 0 amide bonds. The summed E-state index contributed by atoms with van der Waals surface area (Å²) in [6.45, 7) is 8.81. The summed E-state index contributed by atoms with van der Waals surface area (Å²) in [5, 5.41) is 0. The van der Waals surface area contributed by atoms with Crippen molar-refractivity contribution in [3.05, 3.63) is 34.9 Å². The lowest BCUT2D eigenvalue weighted by Crippen LogP contribution is -2.52. The van der Waals surface area contributed by atoms with Crippen molar-refractivity contribution in [2.45, 2.75) is 64.8 Å². The van der Waals surface area contributed by atoms with E-state index in [0.717, 1.165) is 36.4 Å². The molecule has 1 aromatic rings. The fraction of sp³-hybridized carbons (Fsp3) is 0.565. The smallest absolute Gasteiger partial charge is 0.311 e. The van der Waals surface area contributed by atoms with Crippen molar-refractivity contribution in [1.82, 2.24) is 4.90 Å². The topological polar surface area (TPSA) is 74.3 Å². The number of nitrogens with zero attached hydrogens (tertiary/aromatic N) is 1. The van der Waals surface area contributed by atoms with Gasteiger partial charge in [0.05, 0.1) is 5.41 Å². The monoisotopic (exact) mass is 413 g/mol. The fourth-order valence-corrected chi connectivity index (χ4v) is 5.05. The molecule has 5 rings (SSSR count). The number of fused-ring (bicyclic) bond motifs is 3. The minimum atomic E-state index is -0.645. The molecule has 1 fully saturated rings. The lowest BCUT2D eigenvalue weighted by Gasteiger charge is -2.46. The highest BCUT2D eigenvalue weighted by atomic mass is 16.7. The lowest BCUT2D eigenvalue weighted by molar-refractivity contribution is -0.172. The number of esters is 2. The van der Waals surface area contributed by atoms with Gasteiger partial charge in [0.15, 0.2) is 23.7 Å². The zero-order valence-corrected chi connectivity index (χ0v) is 17.8. The van der Waals surface area contributed by atoms with Crippen LogP contribution in [-0.2, 0) is 25.6 Å². The average Bonchev–Trinajstić information content (AvgIpc) is 3.28. The van der Waals surface area contributed by atoms with E-state index in [1.165, 1.54) is 12.5 Å². The van der Waals surface area contributed by atoms with Gasteiger partial charge in [0.25, 0.3) is 0 Å². The molecular weight excluding hydrogens is 386 g/mol. The molecule has 0 saturated carbocycles. The predicted molar refractivity (Wildman–Crippen MR) is 107 cm³/mol. The summed E-state index contributed by atoms with van der Waals surface area (Å²) < 4.78 is 22.9. The standard InChI is InChI=1S/C23H27NO6/c1-12(25)29-21-18(30-22(26)23(2,3)4)7-13-5-6-24-10-14-8-16-17(28-11-27-16)9-15(14)19(21)20(13)24/h7-9,18-21H,5-6,10-11H2,1-4H3/t18-,19-,20?,21+/m0/s1. The molecule has 160 valence electrons. The fourth-order valence-electron chi connectivity index (χ4n) is 5.05. The second-order valence-electron chi connectivity index (χ2n) is 9.53. The van der Waals surface area contributed by atoms with Crippen molar-refractivity contribution in [3.63, 3.8) is 0 Å². The number of hydrogen-bond donors (Lipinski definition) is 0. The van der Waals surface area contributed by atoms with Crippen LogP contribution in [0.3, 0.4) is 0 Å². The molecule has 0 N–H and O–H groups in total. The summed E-state index contributed by atoms with van der Waals surface area (Å²) in [5.74, 6) is 0.633. The average molecular weight is 413 g/mol. The number of ether oxygens (including phenoxy) is 4. The van der Waals surface area contributed by atoms with Gasteiger partial charge in [-0.2, -0.15) is 0 Å². The van der Waals surface area contributed by atoms with Gasteiger partial charge in [0.1, 0.15) is 0 Å². The Labute approximate surface area is 175 Å². The summed E-state index contributed by atoms with van der Waals surface area (Å²) in [6.07, 6.45) is 1.71. The lowest BCUT2D eigenvalue weighted by atomic mass is 9.73. The normalized spacial score (nSPS) is 29.0. The zero-order valence-electron chi connectivity index (χ0n) is 17.8. The summed E-state index contributed by atoms with van der Waals surface area (Å²) in [6, 6.07) is 4.18. The van der Waals surface area contributed by atoms with E-state index < -0.39 is 17.6 Å². The van der Waals surface area contributed by atoms with Crippen LogP contribution in [0.2, 0.25) is 0 Å². The molecule has 0 radical (unpaired) electrons. The molecule has 1 saturated heterocycles. The van der Waals surface area contributed by atoms with Crippen LogP contribution in [0.15, 0.2) is 23.8 Å². The number of carbonyl (C=O) groups excluding carboxylic acids is 2. The van der Waals surface area contributed by atoms with Crippen LogP contribution in [0.1, 0.15) is 51.2 Å². The molecular formula is C23H27NO6. The Morgan fingerprint density at radius 1 is 1.13 bits per heavy atom. The SMILES string of the molecule is CC(=O)O[C@@H]1[C@@H](OC(=O)C(C)(C)C)C=C2CCN3Cc4cc5c(cc4[C@H]1C23)OCO5. The molecule has 3 heterocycles. The van der Waals surface area contributed by atoms with E-state index in [2.05, 4.69) is 4.90 Å². The van der Waals surface area contributed by atoms with Gasteiger partial charge < -0.3 is 18.9 Å². The first-order chi connectivity index (χ1) is 14.2. The minimum absolute atomic E-state index is 0.131. The Balaban J connectivity index is 1.60. The van der Waals surface area contributed by atoms with E-state index in [1.54, 1.807) is 0 Å². The maximum atomic E-state index is 12.7. The van der Waals surface area contributed by atoms with E-state index in [0.29, 0.717) is 5.75 Å².